The van der Waals surface area contributed by atoms with Gasteiger partial charge in [-0.2, -0.15) is 0 Å². The lowest BCUT2D eigenvalue weighted by Gasteiger charge is -2.04. The van der Waals surface area contributed by atoms with Crippen molar-refractivity contribution in [3.05, 3.63) is 5.82 Å². The standard InChI is InChI=1S/C7H14N4S/c1-5(3-4-8)12-7-9-6(2)10-11-7/h5H,3-4,8H2,1-2H3,(H,9,10,11). The molecule has 1 rings (SSSR count). The first kappa shape index (κ1) is 9.54. The highest BCUT2D eigenvalue weighted by Crippen LogP contribution is 2.20. The number of hydrogen-bond donors (Lipinski definition) is 2. The van der Waals surface area contributed by atoms with Gasteiger partial charge in [-0.05, 0) is 19.9 Å². The van der Waals surface area contributed by atoms with Gasteiger partial charge in [0.1, 0.15) is 5.82 Å². The number of aryl methyl sites for hydroxylation is 1. The van der Waals surface area contributed by atoms with Crippen LogP contribution in [0.25, 0.3) is 0 Å². The van der Waals surface area contributed by atoms with Crippen LogP contribution in [0.3, 0.4) is 0 Å². The van der Waals surface area contributed by atoms with E-state index in [0.29, 0.717) is 5.25 Å². The first-order valence-electron chi connectivity index (χ1n) is 3.98. The van der Waals surface area contributed by atoms with Crippen molar-refractivity contribution in [3.63, 3.8) is 0 Å². The van der Waals surface area contributed by atoms with Crippen LogP contribution in [0, 0.1) is 6.92 Å². The van der Waals surface area contributed by atoms with Crippen molar-refractivity contribution in [2.24, 2.45) is 5.73 Å². The molecule has 0 aromatic carbocycles. The van der Waals surface area contributed by atoms with E-state index in [1.165, 1.54) is 0 Å². The van der Waals surface area contributed by atoms with E-state index in [1.807, 2.05) is 6.92 Å². The lowest BCUT2D eigenvalue weighted by atomic mass is 10.3. The quantitative estimate of drug-likeness (QED) is 0.687. The van der Waals surface area contributed by atoms with Crippen LogP contribution in [0.2, 0.25) is 0 Å². The molecule has 1 aromatic heterocycles. The first-order valence-corrected chi connectivity index (χ1v) is 4.86. The number of thioether (sulfide) groups is 1. The molecule has 0 radical (unpaired) electrons. The smallest absolute Gasteiger partial charge is 0.208 e. The van der Waals surface area contributed by atoms with Gasteiger partial charge in [0.05, 0.1) is 0 Å². The van der Waals surface area contributed by atoms with Crippen molar-refractivity contribution < 1.29 is 0 Å². The van der Waals surface area contributed by atoms with Crippen LogP contribution >= 0.6 is 11.8 Å². The maximum atomic E-state index is 5.43. The maximum absolute atomic E-state index is 5.43. The summed E-state index contributed by atoms with van der Waals surface area (Å²) >= 11 is 1.66. The average Bonchev–Trinajstić information content (AvgIpc) is 2.36. The van der Waals surface area contributed by atoms with Gasteiger partial charge < -0.3 is 5.73 Å². The molecule has 4 nitrogen and oxygen atoms in total. The molecule has 3 N–H and O–H groups in total. The van der Waals surface area contributed by atoms with Gasteiger partial charge >= 0.3 is 0 Å². The Morgan fingerprint density at radius 2 is 2.42 bits per heavy atom. The molecule has 0 aliphatic carbocycles. The monoisotopic (exact) mass is 186 g/mol. The molecule has 1 aromatic rings. The lowest BCUT2D eigenvalue weighted by molar-refractivity contribution is 0.817. The van der Waals surface area contributed by atoms with Crippen LogP contribution in [-0.4, -0.2) is 27.0 Å². The number of nitrogens with one attached hydrogen (secondary N) is 1. The van der Waals surface area contributed by atoms with Crippen LogP contribution in [0.1, 0.15) is 19.2 Å². The fraction of sp³-hybridized carbons (Fsp3) is 0.714. The van der Waals surface area contributed by atoms with E-state index in [-0.39, 0.29) is 0 Å². The predicted octanol–water partition coefficient (Wildman–Crippen LogP) is 0.943. The van der Waals surface area contributed by atoms with Gasteiger partial charge in [-0.3, -0.25) is 5.10 Å². The Morgan fingerprint density at radius 1 is 1.67 bits per heavy atom. The Labute approximate surface area is 76.3 Å². The second kappa shape index (κ2) is 4.47. The number of hydrogen-bond acceptors (Lipinski definition) is 4. The third-order valence-electron chi connectivity index (χ3n) is 1.46. The van der Waals surface area contributed by atoms with Crippen LogP contribution in [0.5, 0.6) is 0 Å². The fourth-order valence-corrected chi connectivity index (χ4v) is 1.75. The third-order valence-corrected chi connectivity index (χ3v) is 2.49. The van der Waals surface area contributed by atoms with Crippen molar-refractivity contribution in [1.82, 2.24) is 15.2 Å². The van der Waals surface area contributed by atoms with Crippen molar-refractivity contribution >= 4 is 11.8 Å². The number of rotatable bonds is 4. The topological polar surface area (TPSA) is 67.6 Å². The molecule has 0 saturated heterocycles. The summed E-state index contributed by atoms with van der Waals surface area (Å²) in [6.45, 7) is 4.74. The highest BCUT2D eigenvalue weighted by molar-refractivity contribution is 7.99. The largest absolute Gasteiger partial charge is 0.330 e. The van der Waals surface area contributed by atoms with Crippen molar-refractivity contribution in [3.8, 4) is 0 Å². The Balaban J connectivity index is 2.41. The van der Waals surface area contributed by atoms with Crippen molar-refractivity contribution in [2.45, 2.75) is 30.7 Å². The predicted molar refractivity (Wildman–Crippen MR) is 50.1 cm³/mol. The molecule has 0 aliphatic rings. The van der Waals surface area contributed by atoms with Gasteiger partial charge in [0.15, 0.2) is 0 Å². The third kappa shape index (κ3) is 2.83. The maximum Gasteiger partial charge on any atom is 0.208 e. The van der Waals surface area contributed by atoms with E-state index in [4.69, 9.17) is 5.73 Å². The number of nitrogens with two attached hydrogens (primary N) is 1. The van der Waals surface area contributed by atoms with Gasteiger partial charge in [-0.15, -0.1) is 5.10 Å². The second-order valence-electron chi connectivity index (χ2n) is 2.71. The van der Waals surface area contributed by atoms with E-state index in [2.05, 4.69) is 22.1 Å². The number of aromatic nitrogens is 3. The van der Waals surface area contributed by atoms with E-state index in [0.717, 1.165) is 23.9 Å². The highest BCUT2D eigenvalue weighted by Gasteiger charge is 2.06. The highest BCUT2D eigenvalue weighted by atomic mass is 32.2. The molecule has 5 heteroatoms. The van der Waals surface area contributed by atoms with Gasteiger partial charge in [-0.1, -0.05) is 18.7 Å². The molecule has 1 unspecified atom stereocenters. The zero-order valence-corrected chi connectivity index (χ0v) is 8.19. The first-order chi connectivity index (χ1) is 5.72. The second-order valence-corrected chi connectivity index (χ2v) is 4.11. The summed E-state index contributed by atoms with van der Waals surface area (Å²) in [5.74, 6) is 0.859. The minimum atomic E-state index is 0.491. The summed E-state index contributed by atoms with van der Waals surface area (Å²) in [4.78, 5) is 4.19. The minimum absolute atomic E-state index is 0.491. The number of H-pyrrole nitrogens is 1. The van der Waals surface area contributed by atoms with E-state index in [1.54, 1.807) is 11.8 Å². The zero-order chi connectivity index (χ0) is 8.97. The molecular weight excluding hydrogens is 172 g/mol. The average molecular weight is 186 g/mol. The van der Waals surface area contributed by atoms with Crippen LogP contribution in [0.4, 0.5) is 0 Å². The summed E-state index contributed by atoms with van der Waals surface area (Å²) < 4.78 is 0. The summed E-state index contributed by atoms with van der Waals surface area (Å²) in [6.07, 6.45) is 0.998. The number of aromatic amines is 1. The van der Waals surface area contributed by atoms with Gasteiger partial charge in [0.2, 0.25) is 5.16 Å². The number of nitrogens with zero attached hydrogens (tertiary/aromatic N) is 2. The summed E-state index contributed by atoms with van der Waals surface area (Å²) in [5.41, 5.74) is 5.43. The summed E-state index contributed by atoms with van der Waals surface area (Å²) in [5, 5.41) is 8.13. The van der Waals surface area contributed by atoms with E-state index < -0.39 is 0 Å². The van der Waals surface area contributed by atoms with Crippen LogP contribution in [0.15, 0.2) is 5.16 Å². The van der Waals surface area contributed by atoms with Gasteiger partial charge in [0.25, 0.3) is 0 Å². The minimum Gasteiger partial charge on any atom is -0.330 e. The molecule has 0 spiro atoms. The van der Waals surface area contributed by atoms with Crippen LogP contribution < -0.4 is 5.73 Å². The normalized spacial score (nSPS) is 13.2. The molecule has 0 bridgehead atoms. The molecule has 12 heavy (non-hydrogen) atoms. The SMILES string of the molecule is Cc1nc(SC(C)CCN)n[nH]1. The van der Waals surface area contributed by atoms with Crippen LogP contribution in [-0.2, 0) is 0 Å². The molecule has 0 fully saturated rings. The molecule has 1 heterocycles. The Morgan fingerprint density at radius 3 is 2.92 bits per heavy atom. The molecule has 0 amide bonds. The van der Waals surface area contributed by atoms with Crippen molar-refractivity contribution in [2.75, 3.05) is 6.54 Å². The zero-order valence-electron chi connectivity index (χ0n) is 7.37. The Hall–Kier alpha value is -0.550. The molecule has 1 atom stereocenters. The molecule has 0 saturated carbocycles. The van der Waals surface area contributed by atoms with Crippen molar-refractivity contribution in [1.29, 1.82) is 0 Å². The summed E-state index contributed by atoms with van der Waals surface area (Å²) in [7, 11) is 0. The molecular formula is C7H14N4S. The lowest BCUT2D eigenvalue weighted by Crippen LogP contribution is -2.07. The summed E-state index contributed by atoms with van der Waals surface area (Å²) in [6, 6.07) is 0. The molecule has 68 valence electrons. The van der Waals surface area contributed by atoms with E-state index >= 15 is 0 Å². The van der Waals surface area contributed by atoms with Gasteiger partial charge in [-0.25, -0.2) is 4.98 Å². The van der Waals surface area contributed by atoms with E-state index in [9.17, 15) is 0 Å². The fourth-order valence-electron chi connectivity index (χ4n) is 0.848. The van der Waals surface area contributed by atoms with Gasteiger partial charge in [0, 0.05) is 5.25 Å². The Kier molecular flexibility index (Phi) is 3.55. The Bertz CT molecular complexity index is 235. The molecule has 0 aliphatic heterocycles.